The lowest BCUT2D eigenvalue weighted by Crippen LogP contribution is -2.44. The topological polar surface area (TPSA) is 133 Å². The molecule has 3 heterocycles. The highest BCUT2D eigenvalue weighted by atomic mass is 16.5. The molecule has 9 aromatic carbocycles. The van der Waals surface area contributed by atoms with Crippen LogP contribution in [-0.2, 0) is 0 Å². The molecule has 0 aliphatic carbocycles. The fourth-order valence-electron chi connectivity index (χ4n) is 14.1. The third kappa shape index (κ3) is 21.0. The van der Waals surface area contributed by atoms with Crippen LogP contribution < -0.4 is 14.4 Å². The normalized spacial score (nSPS) is 16.5. The summed E-state index contributed by atoms with van der Waals surface area (Å²) in [5.41, 5.74) is 19.9. The lowest BCUT2D eigenvalue weighted by atomic mass is 9.87. The second-order valence-electron chi connectivity index (χ2n) is 26.8. The van der Waals surface area contributed by atoms with Crippen LogP contribution >= 0.6 is 0 Å². The van der Waals surface area contributed by atoms with Gasteiger partial charge in [0.1, 0.15) is 23.0 Å². The predicted octanol–water partition coefficient (Wildman–Crippen LogP) is 17.5. The number of aliphatic hydroxyl groups excluding tert-OH is 3. The largest absolute Gasteiger partial charge is 0.508 e. The first kappa shape index (κ1) is 73.7. The summed E-state index contributed by atoms with van der Waals surface area (Å²) in [5.74, 6) is 2.25. The number of nitrogens with zero attached hydrogens (tertiary/aromatic N) is 4. The Bertz CT molecular complexity index is 3790. The molecule has 0 bridgehead atoms. The van der Waals surface area contributed by atoms with Crippen molar-refractivity contribution < 1.29 is 35.0 Å². The molecule has 11 nitrogen and oxygen atoms in total. The van der Waals surface area contributed by atoms with Gasteiger partial charge in [-0.3, -0.25) is 0 Å². The zero-order valence-electron chi connectivity index (χ0n) is 59.3. The number of phenolic OH excluding ortho intramolecular Hbond substituents is 2. The molecule has 2 atom stereocenters. The highest BCUT2D eigenvalue weighted by Crippen LogP contribution is 2.40. The summed E-state index contributed by atoms with van der Waals surface area (Å²) >= 11 is 0. The van der Waals surface area contributed by atoms with E-state index in [1.807, 2.05) is 84.9 Å². The molecule has 11 heteroatoms. The SMILES string of the molecule is CN1CCCC1CCOc1ccc(/C(=C(/CCCO)c2ccccc2)c2ccc(O)cc2)cc1.CN1CCC[C@@H]1CCOc1ccc(/C(=C(/CCCO)c2ccccc2)c2ccc(O)cc2)cc1.Cc1ccc(/C(=C(\CCCO)c2ccccc2)c2ccc(N3CCN(C)CC3)cc2)cc1. The van der Waals surface area contributed by atoms with Crippen molar-refractivity contribution in [3.8, 4) is 23.0 Å². The number of aliphatic hydroxyl groups is 3. The maximum atomic E-state index is 9.85. The molecule has 0 radical (unpaired) electrons. The summed E-state index contributed by atoms with van der Waals surface area (Å²) in [6, 6.07) is 81.8. The van der Waals surface area contributed by atoms with Crippen molar-refractivity contribution in [2.24, 2.45) is 0 Å². The van der Waals surface area contributed by atoms with Crippen LogP contribution in [0.1, 0.15) is 133 Å². The van der Waals surface area contributed by atoms with Crippen molar-refractivity contribution in [2.75, 3.05) is 98.3 Å². The van der Waals surface area contributed by atoms with Crippen molar-refractivity contribution in [2.45, 2.75) is 96.1 Å². The molecule has 522 valence electrons. The van der Waals surface area contributed by atoms with Crippen molar-refractivity contribution in [3.63, 3.8) is 0 Å². The van der Waals surface area contributed by atoms with Crippen LogP contribution in [0.3, 0.4) is 0 Å². The Morgan fingerprint density at radius 1 is 0.360 bits per heavy atom. The van der Waals surface area contributed by atoms with E-state index in [1.165, 1.54) is 89.0 Å². The van der Waals surface area contributed by atoms with Gasteiger partial charge in [0.15, 0.2) is 0 Å². The molecule has 0 amide bonds. The van der Waals surface area contributed by atoms with E-state index in [0.29, 0.717) is 24.9 Å². The molecular weight excluding hydrogens is 1240 g/mol. The molecule has 3 aliphatic rings. The van der Waals surface area contributed by atoms with E-state index >= 15 is 0 Å². The lowest BCUT2D eigenvalue weighted by Gasteiger charge is -2.34. The number of likely N-dealkylation sites (tertiary alicyclic amines) is 2. The Labute approximate surface area is 595 Å². The standard InChI is InChI=1S/2C30H35NO3.C29H34N2O/c2*1-31-20-5-9-26(31)19-22-34-28-17-13-25(14-18-28)30(24-11-15-27(33)16-12-24)29(10-6-21-32)23-7-3-2-4-8-23;1-23-10-12-25(13-11-23)29(28(9-6-22-32)24-7-4-3-5-8-24)26-14-16-27(17-15-26)31-20-18-30(2)19-21-31/h2*2-4,7-8,11-18,26,32-33H,5-6,9-10,19-22H2,1H3;3-5,7-8,10-17,32H,6,9,18-22H2,1-2H3/b2*30-29-;29-28-/t26-;;/m1../s1. The average Bonchev–Trinajstić information content (AvgIpc) is 1.00. The van der Waals surface area contributed by atoms with E-state index in [-0.39, 0.29) is 31.3 Å². The Morgan fingerprint density at radius 2 is 0.670 bits per heavy atom. The molecule has 100 heavy (non-hydrogen) atoms. The second kappa shape index (κ2) is 38.5. The third-order valence-electron chi connectivity index (χ3n) is 19.8. The van der Waals surface area contributed by atoms with Gasteiger partial charge in [-0.2, -0.15) is 0 Å². The summed E-state index contributed by atoms with van der Waals surface area (Å²) in [6.07, 6.45) is 11.6. The van der Waals surface area contributed by atoms with Gasteiger partial charge < -0.3 is 54.6 Å². The number of aryl methyl sites for hydroxylation is 1. The Morgan fingerprint density at radius 3 is 0.980 bits per heavy atom. The summed E-state index contributed by atoms with van der Waals surface area (Å²) in [6.45, 7) is 10.8. The number of anilines is 1. The molecule has 0 aromatic heterocycles. The van der Waals surface area contributed by atoms with Crippen LogP contribution in [0.4, 0.5) is 5.69 Å². The van der Waals surface area contributed by atoms with Crippen molar-refractivity contribution in [1.29, 1.82) is 0 Å². The highest BCUT2D eigenvalue weighted by Gasteiger charge is 2.24. The van der Waals surface area contributed by atoms with Crippen molar-refractivity contribution in [3.05, 3.63) is 292 Å². The maximum absolute atomic E-state index is 9.85. The van der Waals surface area contributed by atoms with E-state index in [4.69, 9.17) is 9.47 Å². The number of benzene rings is 9. The molecular formula is C89H104N4O7. The summed E-state index contributed by atoms with van der Waals surface area (Å²) in [5, 5.41) is 48.4. The monoisotopic (exact) mass is 1340 g/mol. The number of hydrogen-bond acceptors (Lipinski definition) is 11. The van der Waals surface area contributed by atoms with Gasteiger partial charge in [-0.05, 0) is 262 Å². The number of ether oxygens (including phenoxy) is 2. The van der Waals surface area contributed by atoms with Gasteiger partial charge in [0.2, 0.25) is 0 Å². The number of hydrogen-bond donors (Lipinski definition) is 5. The number of likely N-dealkylation sites (N-methyl/N-ethyl adjacent to an activating group) is 1. The first-order chi connectivity index (χ1) is 49.0. The van der Waals surface area contributed by atoms with Crippen molar-refractivity contribution in [1.82, 2.24) is 14.7 Å². The summed E-state index contributed by atoms with van der Waals surface area (Å²) in [7, 11) is 6.59. The highest BCUT2D eigenvalue weighted by molar-refractivity contribution is 6.01. The average molecular weight is 1340 g/mol. The first-order valence-corrected chi connectivity index (χ1v) is 36.2. The predicted molar refractivity (Wildman–Crippen MR) is 414 cm³/mol. The van der Waals surface area contributed by atoms with Gasteiger partial charge in [0.25, 0.3) is 0 Å². The number of aromatic hydroxyl groups is 2. The zero-order chi connectivity index (χ0) is 69.8. The van der Waals surface area contributed by atoms with Crippen LogP contribution in [-0.4, -0.2) is 146 Å². The Kier molecular flexibility index (Phi) is 28.4. The van der Waals surface area contributed by atoms with Crippen LogP contribution in [0.15, 0.2) is 237 Å². The van der Waals surface area contributed by atoms with Gasteiger partial charge in [0, 0.05) is 63.8 Å². The molecule has 3 saturated heterocycles. The van der Waals surface area contributed by atoms with E-state index in [0.717, 1.165) is 134 Å². The zero-order valence-corrected chi connectivity index (χ0v) is 59.3. The number of allylic oxidation sites excluding steroid dienone is 3. The van der Waals surface area contributed by atoms with Gasteiger partial charge in [-0.1, -0.05) is 181 Å². The van der Waals surface area contributed by atoms with Gasteiger partial charge in [-0.25, -0.2) is 0 Å². The van der Waals surface area contributed by atoms with Crippen LogP contribution in [0.2, 0.25) is 0 Å². The molecule has 0 saturated carbocycles. The van der Waals surface area contributed by atoms with Gasteiger partial charge in [0.05, 0.1) is 13.2 Å². The minimum Gasteiger partial charge on any atom is -0.508 e. The number of phenols is 2. The molecule has 1 unspecified atom stereocenters. The fraction of sp³-hybridized carbons (Fsp3) is 0.326. The van der Waals surface area contributed by atoms with Crippen LogP contribution in [0.25, 0.3) is 33.4 Å². The Hall–Kier alpha value is -9.04. The van der Waals surface area contributed by atoms with E-state index < -0.39 is 0 Å². The first-order valence-electron chi connectivity index (χ1n) is 36.2. The number of piperazine rings is 1. The third-order valence-corrected chi connectivity index (χ3v) is 19.8. The summed E-state index contributed by atoms with van der Waals surface area (Å²) in [4.78, 5) is 9.72. The van der Waals surface area contributed by atoms with E-state index in [1.54, 1.807) is 24.3 Å². The summed E-state index contributed by atoms with van der Waals surface area (Å²) < 4.78 is 12.1. The van der Waals surface area contributed by atoms with E-state index in [2.05, 4.69) is 175 Å². The minimum absolute atomic E-state index is 0.141. The smallest absolute Gasteiger partial charge is 0.119 e. The molecule has 9 aromatic rings. The minimum atomic E-state index is 0.141. The fourth-order valence-corrected chi connectivity index (χ4v) is 14.1. The molecule has 12 rings (SSSR count). The lowest BCUT2D eigenvalue weighted by molar-refractivity contribution is 0.233. The second-order valence-corrected chi connectivity index (χ2v) is 26.8. The van der Waals surface area contributed by atoms with Crippen LogP contribution in [0.5, 0.6) is 23.0 Å². The molecule has 5 N–H and O–H groups in total. The van der Waals surface area contributed by atoms with Crippen molar-refractivity contribution >= 4 is 39.1 Å². The van der Waals surface area contributed by atoms with Gasteiger partial charge in [-0.15, -0.1) is 0 Å². The maximum Gasteiger partial charge on any atom is 0.119 e. The van der Waals surface area contributed by atoms with Gasteiger partial charge >= 0.3 is 0 Å². The number of rotatable bonds is 27. The molecule has 3 fully saturated rings. The quantitative estimate of drug-likeness (QED) is 0.0315. The Balaban J connectivity index is 0.000000162. The molecule has 3 aliphatic heterocycles. The van der Waals surface area contributed by atoms with Crippen LogP contribution in [0, 0.1) is 6.92 Å². The molecule has 0 spiro atoms. The van der Waals surface area contributed by atoms with E-state index in [9.17, 15) is 25.5 Å².